The van der Waals surface area contributed by atoms with Crippen LogP contribution < -0.4 is 5.32 Å². The molecule has 0 bridgehead atoms. The average Bonchev–Trinajstić information content (AvgIpc) is 2.98. The Morgan fingerprint density at radius 1 is 1.24 bits per heavy atom. The van der Waals surface area contributed by atoms with Crippen LogP contribution in [-0.2, 0) is 16.0 Å². The summed E-state index contributed by atoms with van der Waals surface area (Å²) in [7, 11) is 0. The van der Waals surface area contributed by atoms with E-state index in [9.17, 15) is 9.59 Å². The molecule has 0 spiro atoms. The number of esters is 1. The van der Waals surface area contributed by atoms with Gasteiger partial charge in [-0.2, -0.15) is 0 Å². The summed E-state index contributed by atoms with van der Waals surface area (Å²) in [6.07, 6.45) is 0.787. The maximum atomic E-state index is 11.8. The van der Waals surface area contributed by atoms with Crippen LogP contribution >= 0.6 is 11.3 Å². The lowest BCUT2D eigenvalue weighted by atomic mass is 10.1. The standard InChI is InChI=1S/C16H17NO3S/c1-12-4-2-5-13(10-12)16(19)20-11-15(18)17-8-7-14-6-3-9-21-14/h2-6,9-10H,7-8,11H2,1H3,(H,17,18). The molecule has 0 saturated heterocycles. The lowest BCUT2D eigenvalue weighted by molar-refractivity contribution is -0.124. The Morgan fingerprint density at radius 2 is 2.10 bits per heavy atom. The third kappa shape index (κ3) is 5.04. The Balaban J connectivity index is 1.70. The number of carbonyl (C=O) groups is 2. The van der Waals surface area contributed by atoms with E-state index in [1.54, 1.807) is 29.5 Å². The number of thiophene rings is 1. The van der Waals surface area contributed by atoms with E-state index in [0.717, 1.165) is 12.0 Å². The smallest absolute Gasteiger partial charge is 0.338 e. The van der Waals surface area contributed by atoms with Crippen LogP contribution in [0.4, 0.5) is 0 Å². The van der Waals surface area contributed by atoms with Crippen molar-refractivity contribution in [3.05, 3.63) is 57.8 Å². The zero-order chi connectivity index (χ0) is 15.1. The summed E-state index contributed by atoms with van der Waals surface area (Å²) in [6.45, 7) is 2.19. The number of benzene rings is 1. The summed E-state index contributed by atoms with van der Waals surface area (Å²) >= 11 is 1.65. The molecular weight excluding hydrogens is 286 g/mol. The van der Waals surface area contributed by atoms with Crippen molar-refractivity contribution in [2.24, 2.45) is 0 Å². The van der Waals surface area contributed by atoms with Crippen molar-refractivity contribution >= 4 is 23.2 Å². The molecule has 5 heteroatoms. The number of rotatable bonds is 6. The SMILES string of the molecule is Cc1cccc(C(=O)OCC(=O)NCCc2cccs2)c1. The topological polar surface area (TPSA) is 55.4 Å². The molecule has 0 radical (unpaired) electrons. The molecule has 1 N–H and O–H groups in total. The van der Waals surface area contributed by atoms with Gasteiger partial charge in [0, 0.05) is 11.4 Å². The first-order valence-corrected chi connectivity index (χ1v) is 7.56. The van der Waals surface area contributed by atoms with Crippen molar-refractivity contribution in [2.45, 2.75) is 13.3 Å². The van der Waals surface area contributed by atoms with Gasteiger partial charge >= 0.3 is 5.97 Å². The van der Waals surface area contributed by atoms with Gasteiger partial charge in [0.2, 0.25) is 0 Å². The van der Waals surface area contributed by atoms with E-state index in [2.05, 4.69) is 5.32 Å². The Kier molecular flexibility index (Phi) is 5.51. The Bertz CT molecular complexity index is 608. The highest BCUT2D eigenvalue weighted by Crippen LogP contribution is 2.08. The van der Waals surface area contributed by atoms with E-state index in [1.165, 1.54) is 4.88 Å². The van der Waals surface area contributed by atoms with Crippen LogP contribution in [0.25, 0.3) is 0 Å². The van der Waals surface area contributed by atoms with Gasteiger partial charge in [-0.15, -0.1) is 11.3 Å². The van der Waals surface area contributed by atoms with Gasteiger partial charge in [-0.3, -0.25) is 4.79 Å². The minimum atomic E-state index is -0.480. The molecule has 2 aromatic rings. The van der Waals surface area contributed by atoms with Crippen LogP contribution in [0.5, 0.6) is 0 Å². The lowest BCUT2D eigenvalue weighted by Gasteiger charge is -2.06. The number of amides is 1. The molecule has 0 aliphatic heterocycles. The summed E-state index contributed by atoms with van der Waals surface area (Å²) in [5.41, 5.74) is 1.44. The van der Waals surface area contributed by atoms with Gasteiger partial charge in [-0.1, -0.05) is 23.8 Å². The molecule has 21 heavy (non-hydrogen) atoms. The molecule has 2 rings (SSSR count). The molecule has 0 saturated carbocycles. The first-order chi connectivity index (χ1) is 10.1. The second kappa shape index (κ2) is 7.59. The molecule has 0 fully saturated rings. The molecular formula is C16H17NO3S. The fourth-order valence-electron chi connectivity index (χ4n) is 1.82. The molecule has 1 aromatic carbocycles. The van der Waals surface area contributed by atoms with Crippen LogP contribution in [0, 0.1) is 6.92 Å². The summed E-state index contributed by atoms with van der Waals surface area (Å²) < 4.78 is 4.98. The fourth-order valence-corrected chi connectivity index (χ4v) is 2.53. The molecule has 1 amide bonds. The highest BCUT2D eigenvalue weighted by molar-refractivity contribution is 7.09. The van der Waals surface area contributed by atoms with Crippen molar-refractivity contribution in [3.63, 3.8) is 0 Å². The third-order valence-corrected chi connectivity index (χ3v) is 3.80. The zero-order valence-electron chi connectivity index (χ0n) is 11.8. The van der Waals surface area contributed by atoms with E-state index >= 15 is 0 Å². The van der Waals surface area contributed by atoms with E-state index < -0.39 is 5.97 Å². The number of carbonyl (C=O) groups excluding carboxylic acids is 2. The summed E-state index contributed by atoms with van der Waals surface area (Å²) in [5.74, 6) is -0.764. The van der Waals surface area contributed by atoms with Gasteiger partial charge in [0.1, 0.15) is 0 Å². The lowest BCUT2D eigenvalue weighted by Crippen LogP contribution is -2.30. The number of ether oxygens (including phenoxy) is 1. The van der Waals surface area contributed by atoms with Crippen molar-refractivity contribution < 1.29 is 14.3 Å². The number of hydrogen-bond donors (Lipinski definition) is 1. The van der Waals surface area contributed by atoms with Crippen molar-refractivity contribution in [1.29, 1.82) is 0 Å². The monoisotopic (exact) mass is 303 g/mol. The van der Waals surface area contributed by atoms with Gasteiger partial charge in [0.15, 0.2) is 6.61 Å². The maximum absolute atomic E-state index is 11.8. The van der Waals surface area contributed by atoms with Gasteiger partial charge in [0.05, 0.1) is 5.56 Å². The predicted octanol–water partition coefficient (Wildman–Crippen LogP) is 2.57. The highest BCUT2D eigenvalue weighted by atomic mass is 32.1. The molecule has 0 aliphatic rings. The first kappa shape index (κ1) is 15.3. The molecule has 4 nitrogen and oxygen atoms in total. The van der Waals surface area contributed by atoms with Crippen LogP contribution in [0.2, 0.25) is 0 Å². The number of aryl methyl sites for hydroxylation is 1. The first-order valence-electron chi connectivity index (χ1n) is 6.68. The second-order valence-corrected chi connectivity index (χ2v) is 5.66. The van der Waals surface area contributed by atoms with E-state index in [4.69, 9.17) is 4.74 Å². The van der Waals surface area contributed by atoms with Crippen LogP contribution in [0.1, 0.15) is 20.8 Å². The van der Waals surface area contributed by atoms with Crippen LogP contribution in [0.15, 0.2) is 41.8 Å². The number of nitrogens with one attached hydrogen (secondary N) is 1. The minimum absolute atomic E-state index is 0.253. The van der Waals surface area contributed by atoms with Gasteiger partial charge in [-0.25, -0.2) is 4.79 Å². The quantitative estimate of drug-likeness (QED) is 0.835. The van der Waals surface area contributed by atoms with E-state index in [-0.39, 0.29) is 12.5 Å². The second-order valence-electron chi connectivity index (χ2n) is 4.62. The summed E-state index contributed by atoms with van der Waals surface area (Å²) in [6, 6.07) is 11.1. The molecule has 1 aromatic heterocycles. The van der Waals surface area contributed by atoms with E-state index in [0.29, 0.717) is 12.1 Å². The summed E-state index contributed by atoms with van der Waals surface area (Å²) in [4.78, 5) is 24.6. The third-order valence-electron chi connectivity index (χ3n) is 2.86. The normalized spacial score (nSPS) is 10.1. The predicted molar refractivity (Wildman–Crippen MR) is 82.5 cm³/mol. The fraction of sp³-hybridized carbons (Fsp3) is 0.250. The molecule has 1 heterocycles. The van der Waals surface area contributed by atoms with Gasteiger partial charge in [-0.05, 0) is 36.9 Å². The van der Waals surface area contributed by atoms with Gasteiger partial charge < -0.3 is 10.1 Å². The van der Waals surface area contributed by atoms with Gasteiger partial charge in [0.25, 0.3) is 5.91 Å². The van der Waals surface area contributed by atoms with Crippen molar-refractivity contribution in [3.8, 4) is 0 Å². The Hall–Kier alpha value is -2.14. The molecule has 0 unspecified atom stereocenters. The molecule has 110 valence electrons. The molecule has 0 atom stereocenters. The molecule has 0 aliphatic carbocycles. The largest absolute Gasteiger partial charge is 0.452 e. The van der Waals surface area contributed by atoms with Crippen LogP contribution in [-0.4, -0.2) is 25.0 Å². The highest BCUT2D eigenvalue weighted by Gasteiger charge is 2.09. The maximum Gasteiger partial charge on any atom is 0.338 e. The Labute approximate surface area is 127 Å². The minimum Gasteiger partial charge on any atom is -0.452 e. The van der Waals surface area contributed by atoms with E-state index in [1.807, 2.05) is 30.5 Å². The van der Waals surface area contributed by atoms with Crippen molar-refractivity contribution in [1.82, 2.24) is 5.32 Å². The summed E-state index contributed by atoms with van der Waals surface area (Å²) in [5, 5.41) is 4.73. The average molecular weight is 303 g/mol. The Morgan fingerprint density at radius 3 is 2.81 bits per heavy atom. The number of hydrogen-bond acceptors (Lipinski definition) is 4. The van der Waals surface area contributed by atoms with Crippen LogP contribution in [0.3, 0.4) is 0 Å². The zero-order valence-corrected chi connectivity index (χ0v) is 12.6. The van der Waals surface area contributed by atoms with Crippen molar-refractivity contribution in [2.75, 3.05) is 13.2 Å².